The van der Waals surface area contributed by atoms with Crippen LogP contribution in [0, 0.1) is 0 Å². The Balaban J connectivity index is 1.64. The summed E-state index contributed by atoms with van der Waals surface area (Å²) in [5.74, 6) is 0.488. The molecule has 1 atom stereocenters. The number of aromatic nitrogens is 2. The number of hydrogen-bond donors (Lipinski definition) is 3. The fraction of sp³-hybridized carbons (Fsp3) is 0.125. The van der Waals surface area contributed by atoms with Crippen LogP contribution in [-0.4, -0.2) is 22.5 Å². The molecule has 1 aliphatic heterocycles. The van der Waals surface area contributed by atoms with Crippen molar-refractivity contribution in [3.63, 3.8) is 0 Å². The molecule has 4 rings (SSSR count). The standard InChI is InChI=1S/C16H14N4O2/c17-12-8-22-14-7-9(1-2-10(12)14)16(21)20-13-4-6-19-15-11(13)3-5-18-15/h1-7,12H,8,17H2,(H2,18,19,20,21)/t12-/m1/s1. The van der Waals surface area contributed by atoms with Crippen LogP contribution in [0.2, 0.25) is 0 Å². The first kappa shape index (κ1) is 12.8. The highest BCUT2D eigenvalue weighted by atomic mass is 16.5. The van der Waals surface area contributed by atoms with Gasteiger partial charge in [-0.05, 0) is 24.3 Å². The van der Waals surface area contributed by atoms with Crippen LogP contribution in [0.5, 0.6) is 5.75 Å². The zero-order chi connectivity index (χ0) is 15.1. The summed E-state index contributed by atoms with van der Waals surface area (Å²) in [6.45, 7) is 0.453. The van der Waals surface area contributed by atoms with Crippen LogP contribution in [0.3, 0.4) is 0 Å². The van der Waals surface area contributed by atoms with Crippen molar-refractivity contribution in [2.24, 2.45) is 5.73 Å². The second-order valence-electron chi connectivity index (χ2n) is 5.22. The van der Waals surface area contributed by atoms with Crippen LogP contribution in [0.25, 0.3) is 11.0 Å². The van der Waals surface area contributed by atoms with Crippen molar-refractivity contribution in [1.29, 1.82) is 0 Å². The molecular weight excluding hydrogens is 280 g/mol. The maximum absolute atomic E-state index is 12.4. The molecular formula is C16H14N4O2. The zero-order valence-electron chi connectivity index (χ0n) is 11.7. The number of nitrogens with two attached hydrogens (primary N) is 1. The summed E-state index contributed by atoms with van der Waals surface area (Å²) >= 11 is 0. The molecule has 6 heteroatoms. The molecule has 0 fully saturated rings. The van der Waals surface area contributed by atoms with E-state index >= 15 is 0 Å². The number of fused-ring (bicyclic) bond motifs is 2. The number of nitrogens with one attached hydrogen (secondary N) is 2. The van der Waals surface area contributed by atoms with Gasteiger partial charge in [-0.2, -0.15) is 0 Å². The number of benzene rings is 1. The van der Waals surface area contributed by atoms with E-state index in [0.717, 1.165) is 22.3 Å². The van der Waals surface area contributed by atoms with Crippen LogP contribution in [0.1, 0.15) is 22.0 Å². The van der Waals surface area contributed by atoms with E-state index in [9.17, 15) is 4.79 Å². The molecule has 0 saturated heterocycles. The van der Waals surface area contributed by atoms with E-state index in [1.807, 2.05) is 12.1 Å². The SMILES string of the molecule is N[C@@H]1COc2cc(C(=O)Nc3ccnc4[nH]ccc34)ccc21. The van der Waals surface area contributed by atoms with E-state index in [1.165, 1.54) is 0 Å². The molecule has 3 heterocycles. The summed E-state index contributed by atoms with van der Waals surface area (Å²) in [7, 11) is 0. The van der Waals surface area contributed by atoms with E-state index in [4.69, 9.17) is 10.5 Å². The molecule has 2 aromatic heterocycles. The first-order chi connectivity index (χ1) is 10.7. The number of amides is 1. The van der Waals surface area contributed by atoms with Crippen LogP contribution in [0.4, 0.5) is 5.69 Å². The molecule has 0 bridgehead atoms. The Morgan fingerprint density at radius 3 is 3.18 bits per heavy atom. The van der Waals surface area contributed by atoms with E-state index in [2.05, 4.69) is 15.3 Å². The molecule has 3 aromatic rings. The summed E-state index contributed by atoms with van der Waals surface area (Å²) in [5, 5.41) is 3.77. The summed E-state index contributed by atoms with van der Waals surface area (Å²) < 4.78 is 5.49. The van der Waals surface area contributed by atoms with Gasteiger partial charge in [0.15, 0.2) is 0 Å². The van der Waals surface area contributed by atoms with Crippen LogP contribution < -0.4 is 15.8 Å². The maximum Gasteiger partial charge on any atom is 0.255 e. The van der Waals surface area contributed by atoms with Gasteiger partial charge in [-0.25, -0.2) is 4.98 Å². The average molecular weight is 294 g/mol. The highest BCUT2D eigenvalue weighted by Gasteiger charge is 2.22. The number of hydrogen-bond acceptors (Lipinski definition) is 4. The summed E-state index contributed by atoms with van der Waals surface area (Å²) in [4.78, 5) is 19.6. The number of H-pyrrole nitrogens is 1. The van der Waals surface area contributed by atoms with Crippen LogP contribution in [-0.2, 0) is 0 Å². The molecule has 0 radical (unpaired) electrons. The minimum atomic E-state index is -0.194. The Hall–Kier alpha value is -2.86. The summed E-state index contributed by atoms with van der Waals surface area (Å²) in [6, 6.07) is 8.87. The predicted octanol–water partition coefficient (Wildman–Crippen LogP) is 2.21. The van der Waals surface area contributed by atoms with E-state index in [1.54, 1.807) is 30.6 Å². The average Bonchev–Trinajstić information content (AvgIpc) is 3.14. The zero-order valence-corrected chi connectivity index (χ0v) is 11.7. The number of anilines is 1. The largest absolute Gasteiger partial charge is 0.491 e. The van der Waals surface area contributed by atoms with Gasteiger partial charge in [0.1, 0.15) is 18.0 Å². The monoisotopic (exact) mass is 294 g/mol. The number of carbonyl (C=O) groups excluding carboxylic acids is 1. The van der Waals surface area contributed by atoms with E-state index in [-0.39, 0.29) is 11.9 Å². The van der Waals surface area contributed by atoms with Crippen molar-refractivity contribution in [3.8, 4) is 5.75 Å². The third-order valence-electron chi connectivity index (χ3n) is 3.80. The molecule has 1 aromatic carbocycles. The predicted molar refractivity (Wildman–Crippen MR) is 82.9 cm³/mol. The normalized spacial score (nSPS) is 16.3. The number of rotatable bonds is 2. The van der Waals surface area contributed by atoms with Crippen molar-refractivity contribution in [3.05, 3.63) is 53.9 Å². The lowest BCUT2D eigenvalue weighted by atomic mass is 10.1. The quantitative estimate of drug-likeness (QED) is 0.675. The Labute approximate surface area is 126 Å². The summed E-state index contributed by atoms with van der Waals surface area (Å²) in [6.07, 6.45) is 3.44. The topological polar surface area (TPSA) is 93.0 Å². The van der Waals surface area contributed by atoms with Crippen LogP contribution in [0.15, 0.2) is 42.7 Å². The van der Waals surface area contributed by atoms with Gasteiger partial charge in [0.05, 0.1) is 11.7 Å². The first-order valence-corrected chi connectivity index (χ1v) is 6.98. The minimum absolute atomic E-state index is 0.119. The van der Waals surface area contributed by atoms with Crippen molar-refractivity contribution in [1.82, 2.24) is 9.97 Å². The molecule has 0 saturated carbocycles. The van der Waals surface area contributed by atoms with E-state index in [0.29, 0.717) is 17.9 Å². The molecule has 110 valence electrons. The van der Waals surface area contributed by atoms with E-state index < -0.39 is 0 Å². The molecule has 6 nitrogen and oxygen atoms in total. The number of pyridine rings is 1. The Kier molecular flexibility index (Phi) is 2.83. The summed E-state index contributed by atoms with van der Waals surface area (Å²) in [5.41, 5.74) is 8.84. The van der Waals surface area contributed by atoms with Gasteiger partial charge < -0.3 is 20.8 Å². The molecule has 0 aliphatic carbocycles. The highest BCUT2D eigenvalue weighted by molar-refractivity contribution is 6.08. The fourth-order valence-electron chi connectivity index (χ4n) is 2.64. The van der Waals surface area contributed by atoms with Crippen molar-refractivity contribution in [2.75, 3.05) is 11.9 Å². The Bertz CT molecular complexity index is 871. The van der Waals surface area contributed by atoms with Crippen molar-refractivity contribution < 1.29 is 9.53 Å². The number of aromatic amines is 1. The van der Waals surface area contributed by atoms with Gasteiger partial charge >= 0.3 is 0 Å². The van der Waals surface area contributed by atoms with Gasteiger partial charge in [0.25, 0.3) is 5.91 Å². The molecule has 4 N–H and O–H groups in total. The molecule has 0 spiro atoms. The maximum atomic E-state index is 12.4. The smallest absolute Gasteiger partial charge is 0.255 e. The molecule has 0 unspecified atom stereocenters. The van der Waals surface area contributed by atoms with Gasteiger partial charge in [-0.15, -0.1) is 0 Å². The van der Waals surface area contributed by atoms with Crippen molar-refractivity contribution >= 4 is 22.6 Å². The minimum Gasteiger partial charge on any atom is -0.491 e. The third kappa shape index (κ3) is 2.01. The molecule has 22 heavy (non-hydrogen) atoms. The number of nitrogens with zero attached hydrogens (tertiary/aromatic N) is 1. The van der Waals surface area contributed by atoms with Gasteiger partial charge in [0, 0.05) is 28.9 Å². The highest BCUT2D eigenvalue weighted by Crippen LogP contribution is 2.32. The third-order valence-corrected chi connectivity index (χ3v) is 3.80. The lowest BCUT2D eigenvalue weighted by molar-refractivity contribution is 0.102. The lowest BCUT2D eigenvalue weighted by Gasteiger charge is -2.08. The second-order valence-corrected chi connectivity index (χ2v) is 5.22. The second kappa shape index (κ2) is 4.85. The van der Waals surface area contributed by atoms with Crippen molar-refractivity contribution in [2.45, 2.75) is 6.04 Å². The Morgan fingerprint density at radius 2 is 2.27 bits per heavy atom. The van der Waals surface area contributed by atoms with Gasteiger partial charge in [-0.3, -0.25) is 4.79 Å². The Morgan fingerprint density at radius 1 is 1.36 bits per heavy atom. The fourth-order valence-corrected chi connectivity index (χ4v) is 2.64. The van der Waals surface area contributed by atoms with Gasteiger partial charge in [0.2, 0.25) is 0 Å². The first-order valence-electron chi connectivity index (χ1n) is 6.98. The lowest BCUT2D eigenvalue weighted by Crippen LogP contribution is -2.12. The van der Waals surface area contributed by atoms with Gasteiger partial charge in [-0.1, -0.05) is 6.07 Å². The molecule has 1 aliphatic rings. The van der Waals surface area contributed by atoms with Crippen LogP contribution >= 0.6 is 0 Å². The molecule has 1 amide bonds. The number of ether oxygens (including phenoxy) is 1. The number of carbonyl (C=O) groups is 1.